The molecule has 1 fully saturated rings. The SMILES string of the molecule is CO[C@H]1C[C@@H]1O. The van der Waals surface area contributed by atoms with Crippen molar-refractivity contribution in [3.8, 4) is 0 Å². The highest BCUT2D eigenvalue weighted by atomic mass is 16.5. The van der Waals surface area contributed by atoms with Crippen molar-refractivity contribution in [2.75, 3.05) is 7.11 Å². The molecule has 2 heteroatoms. The highest BCUT2D eigenvalue weighted by Gasteiger charge is 2.34. The molecule has 1 aliphatic rings. The molecule has 2 atom stereocenters. The van der Waals surface area contributed by atoms with Crippen LogP contribution in [0.15, 0.2) is 0 Å². The van der Waals surface area contributed by atoms with Gasteiger partial charge in [0.15, 0.2) is 0 Å². The molecular formula is C4H8O2. The first-order valence-corrected chi connectivity index (χ1v) is 2.05. The summed E-state index contributed by atoms with van der Waals surface area (Å²) < 4.78 is 4.72. The van der Waals surface area contributed by atoms with E-state index in [1.54, 1.807) is 7.11 Å². The van der Waals surface area contributed by atoms with Gasteiger partial charge < -0.3 is 9.84 Å². The van der Waals surface area contributed by atoms with Crippen LogP contribution in [0.4, 0.5) is 0 Å². The molecule has 1 N–H and O–H groups in total. The molecular weight excluding hydrogens is 80.0 g/mol. The summed E-state index contributed by atoms with van der Waals surface area (Å²) in [5.41, 5.74) is 0. The van der Waals surface area contributed by atoms with Crippen LogP contribution in [-0.4, -0.2) is 24.4 Å². The first kappa shape index (κ1) is 4.09. The average molecular weight is 88.1 g/mol. The van der Waals surface area contributed by atoms with E-state index >= 15 is 0 Å². The molecule has 1 saturated carbocycles. The molecule has 0 aromatic carbocycles. The highest BCUT2D eigenvalue weighted by molar-refractivity contribution is 4.86. The summed E-state index contributed by atoms with van der Waals surface area (Å²) in [6.45, 7) is 0. The fraction of sp³-hybridized carbons (Fsp3) is 1.00. The molecule has 1 rings (SSSR count). The predicted molar refractivity (Wildman–Crippen MR) is 21.4 cm³/mol. The standard InChI is InChI=1S/C4H8O2/c1-6-4-2-3(4)5/h3-5H,2H2,1H3/t3-,4-/m0/s1. The molecule has 0 unspecified atom stereocenters. The van der Waals surface area contributed by atoms with Crippen LogP contribution in [0.1, 0.15) is 6.42 Å². The minimum absolute atomic E-state index is 0.157. The van der Waals surface area contributed by atoms with Crippen molar-refractivity contribution in [1.29, 1.82) is 0 Å². The molecule has 0 heterocycles. The molecule has 6 heavy (non-hydrogen) atoms. The monoisotopic (exact) mass is 88.1 g/mol. The number of aliphatic hydroxyl groups is 1. The minimum Gasteiger partial charge on any atom is -0.390 e. The summed E-state index contributed by atoms with van der Waals surface area (Å²) in [6, 6.07) is 0. The maximum atomic E-state index is 8.50. The van der Waals surface area contributed by atoms with Crippen molar-refractivity contribution >= 4 is 0 Å². The van der Waals surface area contributed by atoms with Crippen LogP contribution in [-0.2, 0) is 4.74 Å². The van der Waals surface area contributed by atoms with Gasteiger partial charge in [-0.25, -0.2) is 0 Å². The lowest BCUT2D eigenvalue weighted by Gasteiger charge is -1.84. The Hall–Kier alpha value is -0.0800. The molecule has 0 saturated heterocycles. The van der Waals surface area contributed by atoms with Crippen molar-refractivity contribution < 1.29 is 9.84 Å². The van der Waals surface area contributed by atoms with Gasteiger partial charge in [0.2, 0.25) is 0 Å². The predicted octanol–water partition coefficient (Wildman–Crippen LogP) is -0.234. The quantitative estimate of drug-likeness (QED) is 0.479. The number of aliphatic hydroxyl groups excluding tert-OH is 1. The molecule has 0 radical (unpaired) electrons. The summed E-state index contributed by atoms with van der Waals surface area (Å²) >= 11 is 0. The van der Waals surface area contributed by atoms with Gasteiger partial charge in [-0.2, -0.15) is 0 Å². The Morgan fingerprint density at radius 2 is 2.33 bits per heavy atom. The van der Waals surface area contributed by atoms with Crippen LogP contribution in [0.25, 0.3) is 0 Å². The highest BCUT2D eigenvalue weighted by Crippen LogP contribution is 2.22. The van der Waals surface area contributed by atoms with E-state index in [4.69, 9.17) is 9.84 Å². The van der Waals surface area contributed by atoms with E-state index in [-0.39, 0.29) is 12.2 Å². The Morgan fingerprint density at radius 3 is 2.33 bits per heavy atom. The number of rotatable bonds is 1. The van der Waals surface area contributed by atoms with E-state index in [1.165, 1.54) is 0 Å². The van der Waals surface area contributed by atoms with E-state index in [9.17, 15) is 0 Å². The Balaban J connectivity index is 2.09. The van der Waals surface area contributed by atoms with Gasteiger partial charge in [-0.15, -0.1) is 0 Å². The summed E-state index contributed by atoms with van der Waals surface area (Å²) in [7, 11) is 1.61. The topological polar surface area (TPSA) is 29.5 Å². The first-order valence-electron chi connectivity index (χ1n) is 2.05. The molecule has 0 amide bonds. The molecule has 1 aliphatic carbocycles. The molecule has 0 aromatic heterocycles. The second-order valence-corrected chi connectivity index (χ2v) is 1.58. The van der Waals surface area contributed by atoms with Crippen LogP contribution in [0.2, 0.25) is 0 Å². The van der Waals surface area contributed by atoms with Gasteiger partial charge in [-0.1, -0.05) is 0 Å². The first-order chi connectivity index (χ1) is 2.84. The third-order valence-corrected chi connectivity index (χ3v) is 1.00. The van der Waals surface area contributed by atoms with E-state index in [0.29, 0.717) is 0 Å². The van der Waals surface area contributed by atoms with Crippen LogP contribution in [0.3, 0.4) is 0 Å². The minimum atomic E-state index is -0.157. The average Bonchev–Trinajstić information content (AvgIpc) is 2.19. The summed E-state index contributed by atoms with van der Waals surface area (Å²) in [6.07, 6.45) is 0.830. The van der Waals surface area contributed by atoms with Gasteiger partial charge in [0.05, 0.1) is 12.2 Å². The normalized spacial score (nSPS) is 43.0. The molecule has 0 aromatic rings. The van der Waals surface area contributed by atoms with Gasteiger partial charge in [0, 0.05) is 13.5 Å². The maximum Gasteiger partial charge on any atom is 0.0856 e. The third kappa shape index (κ3) is 0.533. The Bertz CT molecular complexity index is 51.5. The van der Waals surface area contributed by atoms with Crippen LogP contribution < -0.4 is 0 Å². The number of hydrogen-bond donors (Lipinski definition) is 1. The van der Waals surface area contributed by atoms with Gasteiger partial charge in [-0.05, 0) is 0 Å². The lowest BCUT2D eigenvalue weighted by Crippen LogP contribution is -1.92. The molecule has 36 valence electrons. The van der Waals surface area contributed by atoms with E-state index in [2.05, 4.69) is 0 Å². The van der Waals surface area contributed by atoms with E-state index in [1.807, 2.05) is 0 Å². The largest absolute Gasteiger partial charge is 0.390 e. The van der Waals surface area contributed by atoms with Crippen molar-refractivity contribution in [3.05, 3.63) is 0 Å². The van der Waals surface area contributed by atoms with Crippen molar-refractivity contribution in [3.63, 3.8) is 0 Å². The number of hydrogen-bond acceptors (Lipinski definition) is 2. The van der Waals surface area contributed by atoms with Crippen molar-refractivity contribution in [1.82, 2.24) is 0 Å². The van der Waals surface area contributed by atoms with Crippen LogP contribution >= 0.6 is 0 Å². The Labute approximate surface area is 36.7 Å². The zero-order valence-corrected chi connectivity index (χ0v) is 3.72. The zero-order chi connectivity index (χ0) is 4.57. The second kappa shape index (κ2) is 1.21. The maximum absolute atomic E-state index is 8.50. The third-order valence-electron chi connectivity index (χ3n) is 1.00. The summed E-state index contributed by atoms with van der Waals surface area (Å²) in [5, 5.41) is 8.50. The van der Waals surface area contributed by atoms with Gasteiger partial charge in [-0.3, -0.25) is 0 Å². The molecule has 0 aliphatic heterocycles. The number of methoxy groups -OCH3 is 1. The lowest BCUT2D eigenvalue weighted by molar-refractivity contribution is 0.128. The fourth-order valence-electron chi connectivity index (χ4n) is 0.413. The van der Waals surface area contributed by atoms with Gasteiger partial charge in [0.1, 0.15) is 0 Å². The molecule has 0 bridgehead atoms. The fourth-order valence-corrected chi connectivity index (χ4v) is 0.413. The molecule has 2 nitrogen and oxygen atoms in total. The van der Waals surface area contributed by atoms with E-state index < -0.39 is 0 Å². The lowest BCUT2D eigenvalue weighted by atomic mass is 10.8. The van der Waals surface area contributed by atoms with Crippen molar-refractivity contribution in [2.45, 2.75) is 18.6 Å². The summed E-state index contributed by atoms with van der Waals surface area (Å²) in [4.78, 5) is 0. The van der Waals surface area contributed by atoms with Gasteiger partial charge >= 0.3 is 0 Å². The number of ether oxygens (including phenoxy) is 1. The molecule has 0 spiro atoms. The van der Waals surface area contributed by atoms with Crippen LogP contribution in [0.5, 0.6) is 0 Å². The zero-order valence-electron chi connectivity index (χ0n) is 3.72. The van der Waals surface area contributed by atoms with Crippen LogP contribution in [0, 0.1) is 0 Å². The van der Waals surface area contributed by atoms with E-state index in [0.717, 1.165) is 6.42 Å². The smallest absolute Gasteiger partial charge is 0.0856 e. The second-order valence-electron chi connectivity index (χ2n) is 1.58. The Kier molecular flexibility index (Phi) is 0.821. The van der Waals surface area contributed by atoms with Crippen molar-refractivity contribution in [2.24, 2.45) is 0 Å². The van der Waals surface area contributed by atoms with Gasteiger partial charge in [0.25, 0.3) is 0 Å². The summed E-state index contributed by atoms with van der Waals surface area (Å²) in [5.74, 6) is 0. The Morgan fingerprint density at radius 1 is 1.83 bits per heavy atom.